The van der Waals surface area contributed by atoms with Crippen molar-refractivity contribution in [2.45, 2.75) is 12.1 Å². The van der Waals surface area contributed by atoms with Gasteiger partial charge in [0.2, 0.25) is 0 Å². The number of aliphatic carboxylic acids is 1. The van der Waals surface area contributed by atoms with Crippen LogP contribution >= 0.6 is 0 Å². The van der Waals surface area contributed by atoms with Crippen LogP contribution in [0.2, 0.25) is 0 Å². The first-order valence-corrected chi connectivity index (χ1v) is 3.70. The Morgan fingerprint density at radius 2 is 2.07 bits per heavy atom. The molecule has 5 nitrogen and oxygen atoms in total. The number of nitrogens with two attached hydrogens (primary N) is 1. The first-order chi connectivity index (χ1) is 6.04. The van der Waals surface area contributed by atoms with E-state index in [1.807, 2.05) is 0 Å². The Hall–Kier alpha value is -0.620. The summed E-state index contributed by atoms with van der Waals surface area (Å²) in [5.41, 5.74) is 4.22. The van der Waals surface area contributed by atoms with Gasteiger partial charge in [0.05, 0.1) is 0 Å². The molecule has 0 saturated carbocycles. The molecule has 1 rings (SSSR count). The van der Waals surface area contributed by atoms with Crippen molar-refractivity contribution in [1.29, 1.82) is 0 Å². The summed E-state index contributed by atoms with van der Waals surface area (Å²) in [5.74, 6) is -1.75. The fraction of sp³-hybridized carbons (Fsp3) is 0.250. The molecule has 0 fully saturated rings. The van der Waals surface area contributed by atoms with Gasteiger partial charge in [-0.05, 0) is 18.4 Å². The number of carbonyl (C=O) groups is 2. The fourth-order valence-electron chi connectivity index (χ4n) is 0.954. The fourth-order valence-corrected chi connectivity index (χ4v) is 0.954. The maximum absolute atomic E-state index is 11.3. The minimum atomic E-state index is -1.37. The molecule has 0 aromatic carbocycles. The molecule has 0 radical (unpaired) electrons. The second-order valence-electron chi connectivity index (χ2n) is 2.73. The van der Waals surface area contributed by atoms with Gasteiger partial charge in [0.25, 0.3) is 0 Å². The molecule has 1 heterocycles. The molecule has 1 aliphatic heterocycles. The van der Waals surface area contributed by atoms with E-state index in [-0.39, 0.29) is 29.6 Å². The van der Waals surface area contributed by atoms with E-state index in [0.717, 1.165) is 0 Å². The van der Waals surface area contributed by atoms with Crippen molar-refractivity contribution in [3.8, 4) is 0 Å². The molecule has 14 heavy (non-hydrogen) atoms. The number of carboxylic acid groups (broad SMARTS) is 1. The van der Waals surface area contributed by atoms with E-state index < -0.39 is 23.8 Å². The van der Waals surface area contributed by atoms with Gasteiger partial charge in [-0.2, -0.15) is 0 Å². The predicted octanol–water partition coefficient (Wildman–Crippen LogP) is -1.29. The zero-order valence-electron chi connectivity index (χ0n) is 6.86. The molecular weight excluding hydrogens is 195 g/mol. The van der Waals surface area contributed by atoms with Crippen molar-refractivity contribution in [3.05, 3.63) is 24.4 Å². The Morgan fingerprint density at radius 1 is 1.43 bits per heavy atom. The number of hydrogen-bond donors (Lipinski definition) is 3. The van der Waals surface area contributed by atoms with Gasteiger partial charge in [-0.15, -0.1) is 0 Å². The van der Waals surface area contributed by atoms with Crippen LogP contribution in [0.25, 0.3) is 0 Å². The monoisotopic (exact) mass is 206 g/mol. The van der Waals surface area contributed by atoms with Gasteiger partial charge in [0.1, 0.15) is 6.42 Å². The molecule has 0 saturated heterocycles. The number of Topliss-reactive ketones (excluding diaryl/α,β-unsaturated/α-hetero) is 1. The van der Waals surface area contributed by atoms with E-state index in [1.54, 1.807) is 12.2 Å². The van der Waals surface area contributed by atoms with Crippen LogP contribution in [-0.4, -0.2) is 52.1 Å². The van der Waals surface area contributed by atoms with Gasteiger partial charge in [0, 0.05) is 0 Å². The molecule has 0 aromatic rings. The van der Waals surface area contributed by atoms with Gasteiger partial charge < -0.3 is 10.4 Å². The van der Waals surface area contributed by atoms with Crippen LogP contribution in [0, 0.1) is 0 Å². The first-order valence-electron chi connectivity index (χ1n) is 3.70. The third-order valence-corrected chi connectivity index (χ3v) is 1.66. The van der Waals surface area contributed by atoms with Crippen LogP contribution in [0.1, 0.15) is 6.42 Å². The molecule has 1 atom stereocenters. The van der Waals surface area contributed by atoms with Gasteiger partial charge in [-0.1, -0.05) is 6.08 Å². The molecule has 0 bridgehead atoms. The summed E-state index contributed by atoms with van der Waals surface area (Å²) >= 11 is 0. The first kappa shape index (κ1) is 13.4. The molecule has 1 unspecified atom stereocenters. The molecule has 0 aromatic heterocycles. The van der Waals surface area contributed by atoms with Crippen molar-refractivity contribution in [2.24, 2.45) is 5.73 Å². The van der Waals surface area contributed by atoms with Crippen molar-refractivity contribution in [3.63, 3.8) is 0 Å². The van der Waals surface area contributed by atoms with Crippen LogP contribution < -0.4 is 11.1 Å². The quantitative estimate of drug-likeness (QED) is 0.394. The van der Waals surface area contributed by atoms with E-state index in [4.69, 9.17) is 10.8 Å². The third kappa shape index (κ3) is 3.26. The third-order valence-electron chi connectivity index (χ3n) is 1.66. The van der Waals surface area contributed by atoms with E-state index in [0.29, 0.717) is 0 Å². The van der Waals surface area contributed by atoms with E-state index in [9.17, 15) is 9.59 Å². The van der Waals surface area contributed by atoms with Crippen LogP contribution in [0.3, 0.4) is 0 Å². The Morgan fingerprint density at radius 3 is 2.50 bits per heavy atom. The molecular formula is C8H11N2NaO3. The normalized spacial score (nSPS) is 23.5. The summed E-state index contributed by atoms with van der Waals surface area (Å²) in [7, 11) is 0. The number of rotatable bonds is 3. The molecule has 0 amide bonds. The second-order valence-corrected chi connectivity index (χ2v) is 2.73. The Bertz CT molecular complexity index is 301. The summed E-state index contributed by atoms with van der Waals surface area (Å²) in [4.78, 5) is 21.5. The van der Waals surface area contributed by atoms with Crippen LogP contribution in [0.15, 0.2) is 24.4 Å². The average Bonchev–Trinajstić information content (AvgIpc) is 2.04. The average molecular weight is 206 g/mol. The number of nitrogens with one attached hydrogen (secondary N) is 1. The van der Waals surface area contributed by atoms with Gasteiger partial charge in [-0.3, -0.25) is 15.3 Å². The number of ketones is 1. The summed E-state index contributed by atoms with van der Waals surface area (Å²) in [6.45, 7) is 0. The minimum absolute atomic E-state index is 0. The zero-order valence-corrected chi connectivity index (χ0v) is 6.86. The number of carboxylic acids is 1. The number of allylic oxidation sites excluding steroid dienone is 2. The predicted molar refractivity (Wildman–Crippen MR) is 52.7 cm³/mol. The molecule has 1 aliphatic rings. The van der Waals surface area contributed by atoms with Crippen molar-refractivity contribution in [2.75, 3.05) is 0 Å². The van der Waals surface area contributed by atoms with Crippen molar-refractivity contribution < 1.29 is 14.7 Å². The number of hydrogen-bond acceptors (Lipinski definition) is 4. The van der Waals surface area contributed by atoms with Gasteiger partial charge in [-0.25, -0.2) is 0 Å². The molecule has 0 spiro atoms. The van der Waals surface area contributed by atoms with Gasteiger partial charge >= 0.3 is 35.5 Å². The topological polar surface area (TPSA) is 92.4 Å². The van der Waals surface area contributed by atoms with Crippen molar-refractivity contribution in [1.82, 2.24) is 5.32 Å². The summed E-state index contributed by atoms with van der Waals surface area (Å²) in [6, 6.07) is 0. The summed E-state index contributed by atoms with van der Waals surface area (Å²) < 4.78 is 0. The Labute approximate surface area is 103 Å². The van der Waals surface area contributed by atoms with E-state index in [2.05, 4.69) is 5.32 Å². The zero-order chi connectivity index (χ0) is 9.90. The van der Waals surface area contributed by atoms with E-state index >= 15 is 0 Å². The molecule has 72 valence electrons. The Kier molecular flexibility index (Phi) is 5.07. The maximum atomic E-state index is 11.3. The van der Waals surface area contributed by atoms with Gasteiger partial charge in [0.15, 0.2) is 11.4 Å². The van der Waals surface area contributed by atoms with Crippen molar-refractivity contribution >= 4 is 41.3 Å². The number of dihydropyridines is 1. The van der Waals surface area contributed by atoms with E-state index in [1.165, 1.54) is 12.3 Å². The summed E-state index contributed by atoms with van der Waals surface area (Å²) in [6.07, 6.45) is 5.61. The SMILES string of the molecule is NC1(C(=O)CC(=O)O)C=CC=CN1.[NaH]. The molecule has 4 N–H and O–H groups in total. The van der Waals surface area contributed by atoms with Crippen LogP contribution in [0.5, 0.6) is 0 Å². The standard InChI is InChI=1S/C8H10N2O3.Na.H/c9-8(3-1-2-4-10-8)6(11)5-7(12)13;;/h1-4,10H,5,9H2,(H,12,13);;. The molecule has 6 heteroatoms. The summed E-state index contributed by atoms with van der Waals surface area (Å²) in [5, 5.41) is 11.0. The second kappa shape index (κ2) is 5.31. The Balaban J connectivity index is 0.00000169. The molecule has 0 aliphatic carbocycles. The van der Waals surface area contributed by atoms with Crippen LogP contribution in [-0.2, 0) is 9.59 Å². The van der Waals surface area contributed by atoms with Crippen LogP contribution in [0.4, 0.5) is 0 Å². The number of carbonyl (C=O) groups excluding carboxylic acids is 1.